The average Bonchev–Trinajstić information content (AvgIpc) is 2.72. The van der Waals surface area contributed by atoms with Crippen molar-refractivity contribution in [3.8, 4) is 0 Å². The van der Waals surface area contributed by atoms with Gasteiger partial charge in [0.05, 0.1) is 17.7 Å². The molecule has 0 atom stereocenters. The summed E-state index contributed by atoms with van der Waals surface area (Å²) in [5.41, 5.74) is 2.47. The monoisotopic (exact) mass is 468 g/mol. The Bertz CT molecular complexity index is 1090. The van der Waals surface area contributed by atoms with Crippen LogP contribution in [0.2, 0.25) is 5.02 Å². The number of anilines is 1. The van der Waals surface area contributed by atoms with Crippen molar-refractivity contribution in [3.05, 3.63) is 58.1 Å². The molecule has 0 saturated heterocycles. The van der Waals surface area contributed by atoms with Gasteiger partial charge in [0.25, 0.3) is 15.9 Å². The highest BCUT2D eigenvalue weighted by Gasteiger charge is 2.25. The summed E-state index contributed by atoms with van der Waals surface area (Å²) in [7, 11) is -1.70. The Hall–Kier alpha value is -2.46. The van der Waals surface area contributed by atoms with Gasteiger partial charge in [-0.2, -0.15) is 0 Å². The van der Waals surface area contributed by atoms with Crippen LogP contribution in [-0.4, -0.2) is 45.5 Å². The van der Waals surface area contributed by atoms with Crippen LogP contribution in [0.3, 0.4) is 0 Å². The number of amides is 1. The van der Waals surface area contributed by atoms with Gasteiger partial charge in [-0.3, -0.25) is 9.63 Å². The SMILES string of the molecule is CON(C)S(=O)(=O)c1cc(C(=O)OCC(=O)Nc2c(C)cccc2C(C)C)ccc1Cl. The van der Waals surface area contributed by atoms with E-state index in [-0.39, 0.29) is 21.4 Å². The maximum Gasteiger partial charge on any atom is 0.338 e. The molecule has 0 heterocycles. The number of hydroxylamine groups is 1. The van der Waals surface area contributed by atoms with Gasteiger partial charge in [-0.1, -0.05) is 48.1 Å². The molecule has 1 amide bonds. The van der Waals surface area contributed by atoms with Crippen LogP contribution >= 0.6 is 11.6 Å². The van der Waals surface area contributed by atoms with Crippen LogP contribution in [0.1, 0.15) is 41.3 Å². The number of sulfonamides is 1. The summed E-state index contributed by atoms with van der Waals surface area (Å²) < 4.78 is 30.6. The first-order chi connectivity index (χ1) is 14.5. The van der Waals surface area contributed by atoms with Crippen molar-refractivity contribution in [1.82, 2.24) is 4.47 Å². The maximum absolute atomic E-state index is 12.4. The molecule has 0 fully saturated rings. The molecule has 0 aliphatic rings. The topological polar surface area (TPSA) is 102 Å². The summed E-state index contributed by atoms with van der Waals surface area (Å²) in [6, 6.07) is 9.36. The number of nitrogens with zero attached hydrogens (tertiary/aromatic N) is 1. The number of rotatable bonds is 8. The van der Waals surface area contributed by atoms with Gasteiger partial charge < -0.3 is 10.1 Å². The van der Waals surface area contributed by atoms with Crippen LogP contribution in [0.15, 0.2) is 41.3 Å². The third-order valence-corrected chi connectivity index (χ3v) is 6.73. The lowest BCUT2D eigenvalue weighted by Crippen LogP contribution is -2.26. The number of benzene rings is 2. The summed E-state index contributed by atoms with van der Waals surface area (Å²) >= 11 is 5.98. The Labute approximate surface area is 187 Å². The highest BCUT2D eigenvalue weighted by molar-refractivity contribution is 7.89. The van der Waals surface area contributed by atoms with Crippen molar-refractivity contribution in [2.24, 2.45) is 0 Å². The molecule has 0 saturated carbocycles. The van der Waals surface area contributed by atoms with Gasteiger partial charge in [0, 0.05) is 12.7 Å². The number of hydrogen-bond donors (Lipinski definition) is 1. The summed E-state index contributed by atoms with van der Waals surface area (Å²) in [5, 5.41) is 2.69. The summed E-state index contributed by atoms with van der Waals surface area (Å²) in [6.45, 7) is 5.36. The fourth-order valence-corrected chi connectivity index (χ4v) is 4.27. The number of aryl methyl sites for hydroxylation is 1. The van der Waals surface area contributed by atoms with E-state index in [1.54, 1.807) is 0 Å². The Kier molecular flexibility index (Phi) is 8.19. The van der Waals surface area contributed by atoms with Crippen LogP contribution in [0, 0.1) is 6.92 Å². The number of halogens is 1. The molecule has 31 heavy (non-hydrogen) atoms. The molecule has 2 aromatic carbocycles. The zero-order valence-corrected chi connectivity index (χ0v) is 19.5. The number of hydrogen-bond acceptors (Lipinski definition) is 6. The number of nitrogens with one attached hydrogen (secondary N) is 1. The first-order valence-electron chi connectivity index (χ1n) is 9.38. The Morgan fingerprint density at radius 2 is 1.87 bits per heavy atom. The van der Waals surface area contributed by atoms with Crippen LogP contribution < -0.4 is 5.32 Å². The second-order valence-corrected chi connectivity index (χ2v) is 9.37. The molecule has 0 radical (unpaired) electrons. The van der Waals surface area contributed by atoms with E-state index in [1.165, 1.54) is 26.3 Å². The maximum atomic E-state index is 12.4. The van der Waals surface area contributed by atoms with E-state index in [2.05, 4.69) is 5.32 Å². The van der Waals surface area contributed by atoms with Crippen molar-refractivity contribution in [3.63, 3.8) is 0 Å². The average molecular weight is 469 g/mol. The predicted molar refractivity (Wildman–Crippen MR) is 118 cm³/mol. The molecule has 168 valence electrons. The molecule has 2 rings (SSSR count). The van der Waals surface area contributed by atoms with E-state index < -0.39 is 28.5 Å². The molecule has 0 aromatic heterocycles. The van der Waals surface area contributed by atoms with Crippen molar-refractivity contribution in [1.29, 1.82) is 0 Å². The standard InChI is InChI=1S/C21H25ClN2O6S/c1-13(2)16-8-6-7-14(3)20(16)23-19(25)12-30-21(26)15-9-10-17(22)18(11-15)31(27,28)24(4)29-5/h6-11,13H,12H2,1-5H3,(H,23,25). The number of carbonyl (C=O) groups is 2. The largest absolute Gasteiger partial charge is 0.452 e. The smallest absolute Gasteiger partial charge is 0.338 e. The molecule has 10 heteroatoms. The van der Waals surface area contributed by atoms with Crippen molar-refractivity contribution in [2.75, 3.05) is 26.1 Å². The van der Waals surface area contributed by atoms with Crippen molar-refractivity contribution < 1.29 is 27.6 Å². The normalized spacial score (nSPS) is 11.6. The lowest BCUT2D eigenvalue weighted by Gasteiger charge is -2.17. The van der Waals surface area contributed by atoms with E-state index in [1.807, 2.05) is 39.0 Å². The van der Waals surface area contributed by atoms with E-state index in [4.69, 9.17) is 21.2 Å². The lowest BCUT2D eigenvalue weighted by molar-refractivity contribution is -0.119. The summed E-state index contributed by atoms with van der Waals surface area (Å²) in [5.74, 6) is -1.18. The second-order valence-electron chi connectivity index (χ2n) is 7.06. The Balaban J connectivity index is 2.14. The molecule has 0 spiro atoms. The molecule has 0 unspecified atom stereocenters. The molecule has 2 aromatic rings. The van der Waals surface area contributed by atoms with Crippen molar-refractivity contribution in [2.45, 2.75) is 31.6 Å². The van der Waals surface area contributed by atoms with Gasteiger partial charge in [-0.15, -0.1) is 0 Å². The Morgan fingerprint density at radius 3 is 2.48 bits per heavy atom. The van der Waals surface area contributed by atoms with Crippen LogP contribution in [-0.2, 0) is 24.4 Å². The molecule has 0 aliphatic carbocycles. The molecule has 1 N–H and O–H groups in total. The fraction of sp³-hybridized carbons (Fsp3) is 0.333. The summed E-state index contributed by atoms with van der Waals surface area (Å²) in [6.07, 6.45) is 0. The first kappa shape index (κ1) is 24.8. The van der Waals surface area contributed by atoms with Crippen LogP contribution in [0.4, 0.5) is 5.69 Å². The Morgan fingerprint density at radius 1 is 1.19 bits per heavy atom. The second kappa shape index (κ2) is 10.2. The molecule has 0 bridgehead atoms. The predicted octanol–water partition coefficient (Wildman–Crippen LogP) is 3.75. The van der Waals surface area contributed by atoms with E-state index in [9.17, 15) is 18.0 Å². The summed E-state index contributed by atoms with van der Waals surface area (Å²) in [4.78, 5) is 29.1. The van der Waals surface area contributed by atoms with Crippen LogP contribution in [0.5, 0.6) is 0 Å². The van der Waals surface area contributed by atoms with Crippen molar-refractivity contribution >= 4 is 39.2 Å². The third-order valence-electron chi connectivity index (χ3n) is 4.57. The van der Waals surface area contributed by atoms with Gasteiger partial charge in [0.15, 0.2) is 6.61 Å². The zero-order valence-electron chi connectivity index (χ0n) is 17.9. The minimum Gasteiger partial charge on any atom is -0.452 e. The van der Waals surface area contributed by atoms with E-state index in [0.717, 1.165) is 17.2 Å². The van der Waals surface area contributed by atoms with E-state index in [0.29, 0.717) is 10.2 Å². The number of ether oxygens (including phenoxy) is 1. The first-order valence-corrected chi connectivity index (χ1v) is 11.2. The molecular formula is C21H25ClN2O6S. The molecular weight excluding hydrogens is 444 g/mol. The number of para-hydroxylation sites is 1. The number of carbonyl (C=O) groups excluding carboxylic acids is 2. The number of esters is 1. The zero-order chi connectivity index (χ0) is 23.3. The third kappa shape index (κ3) is 5.82. The highest BCUT2D eigenvalue weighted by atomic mass is 35.5. The fourth-order valence-electron chi connectivity index (χ4n) is 2.80. The molecule has 8 nitrogen and oxygen atoms in total. The molecule has 0 aliphatic heterocycles. The van der Waals surface area contributed by atoms with Gasteiger partial charge in [0.2, 0.25) is 0 Å². The van der Waals surface area contributed by atoms with Gasteiger partial charge >= 0.3 is 5.97 Å². The quantitative estimate of drug-likeness (QED) is 0.467. The highest BCUT2D eigenvalue weighted by Crippen LogP contribution is 2.28. The van der Waals surface area contributed by atoms with E-state index >= 15 is 0 Å². The van der Waals surface area contributed by atoms with Gasteiger partial charge in [0.1, 0.15) is 4.90 Å². The van der Waals surface area contributed by atoms with Gasteiger partial charge in [-0.25, -0.2) is 13.2 Å². The minimum absolute atomic E-state index is 0.0703. The minimum atomic E-state index is -4.07. The van der Waals surface area contributed by atoms with Crippen LogP contribution in [0.25, 0.3) is 0 Å². The van der Waals surface area contributed by atoms with Gasteiger partial charge in [-0.05, 0) is 42.2 Å². The lowest BCUT2D eigenvalue weighted by atomic mass is 9.98.